The topological polar surface area (TPSA) is 71.7 Å². The van der Waals surface area contributed by atoms with Gasteiger partial charge in [-0.15, -0.1) is 0 Å². The number of rotatable bonds is 3. The van der Waals surface area contributed by atoms with E-state index < -0.39 is 17.6 Å². The molecule has 1 aliphatic heterocycles. The summed E-state index contributed by atoms with van der Waals surface area (Å²) in [6, 6.07) is 8.75. The van der Waals surface area contributed by atoms with Gasteiger partial charge < -0.3 is 9.47 Å². The molecule has 2 unspecified atom stereocenters. The molecule has 1 aromatic carbocycles. The third-order valence-corrected chi connectivity index (χ3v) is 3.14. The molecule has 0 aromatic heterocycles. The average Bonchev–Trinajstić information content (AvgIpc) is 2.78. The first kappa shape index (κ1) is 14.1. The minimum absolute atomic E-state index is 0.186. The van der Waals surface area contributed by atoms with Crippen LogP contribution in [0.25, 0.3) is 0 Å². The normalized spacial score (nSPS) is 24.5. The quantitative estimate of drug-likeness (QED) is 0.791. The molecule has 5 heteroatoms. The number of nitrogens with zero attached hydrogens (tertiary/aromatic N) is 2. The van der Waals surface area contributed by atoms with E-state index in [1.54, 1.807) is 13.8 Å². The Kier molecular flexibility index (Phi) is 3.75. The highest BCUT2D eigenvalue weighted by Crippen LogP contribution is 2.39. The highest BCUT2D eigenvalue weighted by atomic mass is 16.6. The second-order valence-electron chi connectivity index (χ2n) is 4.63. The van der Waals surface area contributed by atoms with Crippen LogP contribution in [0, 0.1) is 18.3 Å². The molecule has 0 saturated carbocycles. The van der Waals surface area contributed by atoms with Crippen molar-refractivity contribution in [1.29, 1.82) is 5.26 Å². The summed E-state index contributed by atoms with van der Waals surface area (Å²) < 4.78 is 10.4. The SMILES string of the molecule is CCOC(=O)C1(C#N)OC(C)=NC1c1ccc(C)cc1. The average molecular weight is 272 g/mol. The number of aliphatic imine (C=N–C) groups is 1. The van der Waals surface area contributed by atoms with Crippen molar-refractivity contribution in [2.75, 3.05) is 6.61 Å². The van der Waals surface area contributed by atoms with E-state index in [1.807, 2.05) is 37.3 Å². The van der Waals surface area contributed by atoms with Crippen molar-refractivity contribution in [3.05, 3.63) is 35.4 Å². The van der Waals surface area contributed by atoms with E-state index in [2.05, 4.69) is 4.99 Å². The van der Waals surface area contributed by atoms with E-state index in [-0.39, 0.29) is 6.61 Å². The van der Waals surface area contributed by atoms with Gasteiger partial charge in [-0.2, -0.15) is 5.26 Å². The van der Waals surface area contributed by atoms with E-state index in [4.69, 9.17) is 9.47 Å². The van der Waals surface area contributed by atoms with Crippen molar-refractivity contribution in [2.45, 2.75) is 32.4 Å². The summed E-state index contributed by atoms with van der Waals surface area (Å²) in [4.78, 5) is 16.4. The van der Waals surface area contributed by atoms with Gasteiger partial charge in [0.05, 0.1) is 6.61 Å². The van der Waals surface area contributed by atoms with Crippen molar-refractivity contribution in [3.8, 4) is 6.07 Å². The van der Waals surface area contributed by atoms with E-state index >= 15 is 0 Å². The van der Waals surface area contributed by atoms with Crippen molar-refractivity contribution in [3.63, 3.8) is 0 Å². The van der Waals surface area contributed by atoms with E-state index in [9.17, 15) is 10.1 Å². The summed E-state index contributed by atoms with van der Waals surface area (Å²) >= 11 is 0. The molecular formula is C15H16N2O3. The first-order valence-electron chi connectivity index (χ1n) is 6.42. The molecule has 2 atom stereocenters. The lowest BCUT2D eigenvalue weighted by Crippen LogP contribution is -2.44. The van der Waals surface area contributed by atoms with Gasteiger partial charge in [0, 0.05) is 6.92 Å². The highest BCUT2D eigenvalue weighted by molar-refractivity contribution is 5.91. The third kappa shape index (κ3) is 2.25. The number of hydrogen-bond acceptors (Lipinski definition) is 5. The largest absolute Gasteiger partial charge is 0.462 e. The fourth-order valence-electron chi connectivity index (χ4n) is 2.17. The van der Waals surface area contributed by atoms with Crippen molar-refractivity contribution in [1.82, 2.24) is 0 Å². The predicted octanol–water partition coefficient (Wildman–Crippen LogP) is 2.31. The minimum atomic E-state index is -1.73. The van der Waals surface area contributed by atoms with Crippen LogP contribution >= 0.6 is 0 Å². The second kappa shape index (κ2) is 5.33. The first-order chi connectivity index (χ1) is 9.53. The molecule has 0 bridgehead atoms. The molecule has 0 fully saturated rings. The number of aryl methyl sites for hydroxylation is 1. The number of carbonyl (C=O) groups is 1. The Labute approximate surface area is 117 Å². The Morgan fingerprint density at radius 3 is 2.65 bits per heavy atom. The summed E-state index contributed by atoms with van der Waals surface area (Å²) in [7, 11) is 0. The van der Waals surface area contributed by atoms with Crippen LogP contribution in [-0.4, -0.2) is 24.1 Å². The van der Waals surface area contributed by atoms with Crippen LogP contribution in [0.2, 0.25) is 0 Å². The minimum Gasteiger partial charge on any atom is -0.462 e. The number of nitriles is 1. The summed E-state index contributed by atoms with van der Waals surface area (Å²) in [5.74, 6) is -0.390. The van der Waals surface area contributed by atoms with Crippen molar-refractivity contribution < 1.29 is 14.3 Å². The van der Waals surface area contributed by atoms with Crippen molar-refractivity contribution >= 4 is 11.9 Å². The molecule has 0 aliphatic carbocycles. The fraction of sp³-hybridized carbons (Fsp3) is 0.400. The Balaban J connectivity index is 2.45. The van der Waals surface area contributed by atoms with Gasteiger partial charge in [-0.3, -0.25) is 0 Å². The zero-order valence-electron chi connectivity index (χ0n) is 11.7. The lowest BCUT2D eigenvalue weighted by atomic mass is 9.90. The van der Waals surface area contributed by atoms with Gasteiger partial charge in [-0.1, -0.05) is 29.8 Å². The van der Waals surface area contributed by atoms with Gasteiger partial charge in [0.2, 0.25) is 0 Å². The van der Waals surface area contributed by atoms with Crippen LogP contribution in [0.1, 0.15) is 31.0 Å². The fourth-order valence-corrected chi connectivity index (χ4v) is 2.17. The molecule has 1 aromatic rings. The number of carbonyl (C=O) groups excluding carboxylic acids is 1. The number of esters is 1. The maximum Gasteiger partial charge on any atom is 0.368 e. The molecule has 0 amide bonds. The maximum absolute atomic E-state index is 12.2. The number of ether oxygens (including phenoxy) is 2. The van der Waals surface area contributed by atoms with Crippen LogP contribution < -0.4 is 0 Å². The van der Waals surface area contributed by atoms with Gasteiger partial charge in [-0.05, 0) is 19.4 Å². The molecular weight excluding hydrogens is 256 g/mol. The van der Waals surface area contributed by atoms with Gasteiger partial charge in [0.1, 0.15) is 12.1 Å². The molecule has 2 rings (SSSR count). The van der Waals surface area contributed by atoms with Crippen LogP contribution in [0.5, 0.6) is 0 Å². The van der Waals surface area contributed by atoms with E-state index in [0.717, 1.165) is 11.1 Å². The van der Waals surface area contributed by atoms with Gasteiger partial charge in [-0.25, -0.2) is 9.79 Å². The Bertz CT molecular complexity index is 586. The Morgan fingerprint density at radius 2 is 2.10 bits per heavy atom. The second-order valence-corrected chi connectivity index (χ2v) is 4.63. The Hall–Kier alpha value is -2.35. The molecule has 5 nitrogen and oxygen atoms in total. The number of hydrogen-bond donors (Lipinski definition) is 0. The molecule has 0 saturated heterocycles. The third-order valence-electron chi connectivity index (χ3n) is 3.14. The molecule has 104 valence electrons. The van der Waals surface area contributed by atoms with Gasteiger partial charge in [0.25, 0.3) is 0 Å². The summed E-state index contributed by atoms with van der Waals surface area (Å²) in [6.45, 7) is 5.46. The molecule has 1 heterocycles. The molecule has 0 N–H and O–H groups in total. The van der Waals surface area contributed by atoms with Gasteiger partial charge in [0.15, 0.2) is 5.90 Å². The zero-order valence-corrected chi connectivity index (χ0v) is 11.7. The van der Waals surface area contributed by atoms with E-state index in [0.29, 0.717) is 5.90 Å². The lowest BCUT2D eigenvalue weighted by molar-refractivity contribution is -0.158. The molecule has 1 aliphatic rings. The standard InChI is InChI=1S/C15H16N2O3/c1-4-19-14(18)15(9-16)13(17-11(3)20-15)12-7-5-10(2)6-8-12/h5-8,13H,4H2,1-3H3. The monoisotopic (exact) mass is 272 g/mol. The summed E-state index contributed by atoms with van der Waals surface area (Å²) in [6.07, 6.45) is 0. The van der Waals surface area contributed by atoms with E-state index in [1.165, 1.54) is 0 Å². The van der Waals surface area contributed by atoms with Crippen LogP contribution in [0.3, 0.4) is 0 Å². The summed E-state index contributed by atoms with van der Waals surface area (Å²) in [5, 5.41) is 9.47. The molecule has 0 spiro atoms. The van der Waals surface area contributed by atoms with Gasteiger partial charge >= 0.3 is 11.6 Å². The lowest BCUT2D eigenvalue weighted by Gasteiger charge is -2.24. The highest BCUT2D eigenvalue weighted by Gasteiger charge is 2.55. The molecule has 20 heavy (non-hydrogen) atoms. The maximum atomic E-state index is 12.2. The van der Waals surface area contributed by atoms with Crippen LogP contribution in [-0.2, 0) is 14.3 Å². The Morgan fingerprint density at radius 1 is 1.45 bits per heavy atom. The number of benzene rings is 1. The zero-order chi connectivity index (χ0) is 14.8. The van der Waals surface area contributed by atoms with Crippen molar-refractivity contribution in [2.24, 2.45) is 4.99 Å². The van der Waals surface area contributed by atoms with Crippen LogP contribution in [0.15, 0.2) is 29.3 Å². The predicted molar refractivity (Wildman–Crippen MR) is 73.1 cm³/mol. The molecule has 0 radical (unpaired) electrons. The summed E-state index contributed by atoms with van der Waals surface area (Å²) in [5.41, 5.74) is 0.115. The smallest absolute Gasteiger partial charge is 0.368 e. The first-order valence-corrected chi connectivity index (χ1v) is 6.42. The van der Waals surface area contributed by atoms with Crippen LogP contribution in [0.4, 0.5) is 0 Å².